The van der Waals surface area contributed by atoms with Crippen molar-refractivity contribution in [1.29, 1.82) is 0 Å². The molecule has 0 aliphatic heterocycles. The number of nitrogens with zero attached hydrogens (tertiary/aromatic N) is 7. The van der Waals surface area contributed by atoms with Gasteiger partial charge in [-0.1, -0.05) is 0 Å². The number of hydrogen-bond acceptors (Lipinski definition) is 7. The molecule has 2 rings (SSSR count). The van der Waals surface area contributed by atoms with E-state index < -0.39 is 10.2 Å². The van der Waals surface area contributed by atoms with Crippen molar-refractivity contribution >= 4 is 18.4 Å². The van der Waals surface area contributed by atoms with Crippen molar-refractivity contribution in [2.45, 2.75) is 18.7 Å². The van der Waals surface area contributed by atoms with Gasteiger partial charge in [0.05, 0.1) is 6.54 Å². The first-order chi connectivity index (χ1) is 8.56. The number of thiol groups is 1. The highest BCUT2D eigenvalue weighted by Crippen LogP contribution is 2.27. The maximum absolute atomic E-state index is 10.8. The molecule has 0 saturated heterocycles. The van der Waals surface area contributed by atoms with Crippen LogP contribution in [0.2, 0.25) is 0 Å². The summed E-state index contributed by atoms with van der Waals surface area (Å²) in [6, 6.07) is 0. The molecule has 0 radical (unpaired) electrons. The van der Waals surface area contributed by atoms with Crippen LogP contribution >= 0.6 is 12.6 Å². The highest BCUT2D eigenvalue weighted by atomic mass is 32.1. The standard InChI is InChI=1S/C8H11N7O2S/c1-3-14-5(15(16)17)4-9-7(14)6(18)8-10-11-12-13(8)2/h4,6,18H,3H2,1-2H3. The molecule has 0 spiro atoms. The monoisotopic (exact) mass is 269 g/mol. The van der Waals surface area contributed by atoms with Crippen LogP contribution in [0.1, 0.15) is 23.8 Å². The maximum Gasteiger partial charge on any atom is 0.342 e. The minimum Gasteiger partial charge on any atom is -0.358 e. The summed E-state index contributed by atoms with van der Waals surface area (Å²) < 4.78 is 2.94. The first kappa shape index (κ1) is 12.5. The van der Waals surface area contributed by atoms with Crippen molar-refractivity contribution in [2.24, 2.45) is 7.05 Å². The Morgan fingerprint density at radius 3 is 2.78 bits per heavy atom. The predicted octanol–water partition coefficient (Wildman–Crippen LogP) is 0.354. The molecule has 0 saturated carbocycles. The lowest BCUT2D eigenvalue weighted by atomic mass is 10.3. The average Bonchev–Trinajstić information content (AvgIpc) is 2.93. The van der Waals surface area contributed by atoms with Crippen LogP contribution in [-0.4, -0.2) is 34.7 Å². The Morgan fingerprint density at radius 2 is 2.28 bits per heavy atom. The van der Waals surface area contributed by atoms with E-state index in [1.807, 2.05) is 0 Å². The summed E-state index contributed by atoms with van der Waals surface area (Å²) >= 11 is 4.38. The topological polar surface area (TPSA) is 105 Å². The van der Waals surface area contributed by atoms with Gasteiger partial charge in [0.2, 0.25) is 5.82 Å². The summed E-state index contributed by atoms with van der Waals surface area (Å²) in [4.78, 5) is 14.4. The van der Waals surface area contributed by atoms with E-state index in [9.17, 15) is 10.1 Å². The van der Waals surface area contributed by atoms with Crippen LogP contribution in [0.4, 0.5) is 5.82 Å². The lowest BCUT2D eigenvalue weighted by Crippen LogP contribution is -2.11. The fraction of sp³-hybridized carbons (Fsp3) is 0.500. The Balaban J connectivity index is 2.46. The van der Waals surface area contributed by atoms with E-state index in [0.717, 1.165) is 0 Å². The van der Waals surface area contributed by atoms with E-state index in [1.54, 1.807) is 14.0 Å². The third-order valence-corrected chi connectivity index (χ3v) is 2.97. The van der Waals surface area contributed by atoms with Gasteiger partial charge in [-0.3, -0.25) is 0 Å². The van der Waals surface area contributed by atoms with Crippen LogP contribution in [0.5, 0.6) is 0 Å². The molecule has 0 bridgehead atoms. The quantitative estimate of drug-likeness (QED) is 0.488. The largest absolute Gasteiger partial charge is 0.358 e. The first-order valence-electron chi connectivity index (χ1n) is 5.16. The van der Waals surface area contributed by atoms with Gasteiger partial charge in [0, 0.05) is 7.05 Å². The number of nitro groups is 1. The second-order valence-electron chi connectivity index (χ2n) is 3.54. The van der Waals surface area contributed by atoms with Crippen LogP contribution in [0, 0.1) is 10.1 Å². The third-order valence-electron chi connectivity index (χ3n) is 2.51. The van der Waals surface area contributed by atoms with Crippen LogP contribution < -0.4 is 0 Å². The number of hydrogen-bond donors (Lipinski definition) is 1. The van der Waals surface area contributed by atoms with Crippen LogP contribution in [0.25, 0.3) is 0 Å². The maximum atomic E-state index is 10.8. The molecule has 0 N–H and O–H groups in total. The summed E-state index contributed by atoms with van der Waals surface area (Å²) in [6.45, 7) is 2.22. The second-order valence-corrected chi connectivity index (χ2v) is 4.06. The molecule has 96 valence electrons. The predicted molar refractivity (Wildman–Crippen MR) is 64.2 cm³/mol. The van der Waals surface area contributed by atoms with Crippen molar-refractivity contribution in [3.8, 4) is 0 Å². The third kappa shape index (κ3) is 1.94. The fourth-order valence-corrected chi connectivity index (χ4v) is 2.08. The number of aryl methyl sites for hydroxylation is 1. The Bertz CT molecular complexity index is 578. The molecule has 2 aromatic rings. The van der Waals surface area contributed by atoms with Crippen LogP contribution in [0.15, 0.2) is 6.20 Å². The fourth-order valence-electron chi connectivity index (χ4n) is 1.65. The van der Waals surface area contributed by atoms with E-state index in [2.05, 4.69) is 33.1 Å². The van der Waals surface area contributed by atoms with E-state index in [0.29, 0.717) is 18.2 Å². The minimum atomic E-state index is -0.515. The molecule has 2 aromatic heterocycles. The number of imidazole rings is 1. The molecule has 1 unspecified atom stereocenters. The molecule has 18 heavy (non-hydrogen) atoms. The van der Waals surface area contributed by atoms with E-state index >= 15 is 0 Å². The molecule has 10 heteroatoms. The normalized spacial score (nSPS) is 12.6. The van der Waals surface area contributed by atoms with Gasteiger partial charge in [-0.15, -0.1) is 5.10 Å². The molecule has 0 fully saturated rings. The molecule has 1 atom stereocenters. The molecule has 9 nitrogen and oxygen atoms in total. The van der Waals surface area contributed by atoms with E-state index in [4.69, 9.17) is 0 Å². The molecule has 0 amide bonds. The van der Waals surface area contributed by atoms with Gasteiger partial charge < -0.3 is 10.1 Å². The lowest BCUT2D eigenvalue weighted by Gasteiger charge is -2.07. The zero-order valence-corrected chi connectivity index (χ0v) is 10.7. The van der Waals surface area contributed by atoms with Gasteiger partial charge in [0.25, 0.3) is 0 Å². The van der Waals surface area contributed by atoms with Gasteiger partial charge in [-0.25, -0.2) is 14.2 Å². The summed E-state index contributed by atoms with van der Waals surface area (Å²) in [7, 11) is 1.67. The van der Waals surface area contributed by atoms with Gasteiger partial charge in [0.1, 0.15) is 11.4 Å². The SMILES string of the molecule is CCn1c([N+](=O)[O-])cnc1C(S)c1nnnn1C. The van der Waals surface area contributed by atoms with Gasteiger partial charge in [-0.2, -0.15) is 12.6 Å². The van der Waals surface area contributed by atoms with E-state index in [1.165, 1.54) is 15.4 Å². The summed E-state index contributed by atoms with van der Waals surface area (Å²) in [6.07, 6.45) is 1.21. The van der Waals surface area contributed by atoms with E-state index in [-0.39, 0.29) is 5.82 Å². The minimum absolute atomic E-state index is 0.0679. The van der Waals surface area contributed by atoms with Crippen LogP contribution in [0.3, 0.4) is 0 Å². The number of rotatable bonds is 4. The summed E-state index contributed by atoms with van der Waals surface area (Å²) in [5, 5.41) is 21.4. The van der Waals surface area contributed by atoms with Gasteiger partial charge in [-0.05, 0) is 22.3 Å². The molecule has 0 aromatic carbocycles. The smallest absolute Gasteiger partial charge is 0.342 e. The van der Waals surface area contributed by atoms with Crippen molar-refractivity contribution < 1.29 is 4.92 Å². The van der Waals surface area contributed by atoms with Crippen LogP contribution in [-0.2, 0) is 13.6 Å². The highest BCUT2D eigenvalue weighted by molar-refractivity contribution is 7.80. The van der Waals surface area contributed by atoms with Crippen molar-refractivity contribution in [2.75, 3.05) is 0 Å². The molecule has 2 heterocycles. The Morgan fingerprint density at radius 1 is 1.56 bits per heavy atom. The average molecular weight is 269 g/mol. The molecule has 0 aliphatic carbocycles. The summed E-state index contributed by atoms with van der Waals surface area (Å²) in [5.74, 6) is 0.862. The van der Waals surface area contributed by atoms with Gasteiger partial charge in [0.15, 0.2) is 5.82 Å². The highest BCUT2D eigenvalue weighted by Gasteiger charge is 2.28. The Hall–Kier alpha value is -1.97. The van der Waals surface area contributed by atoms with Gasteiger partial charge >= 0.3 is 5.82 Å². The number of aromatic nitrogens is 6. The zero-order valence-electron chi connectivity index (χ0n) is 9.76. The van der Waals surface area contributed by atoms with Crippen molar-refractivity contribution in [3.63, 3.8) is 0 Å². The molecule has 0 aliphatic rings. The lowest BCUT2D eigenvalue weighted by molar-refractivity contribution is -0.392. The van der Waals surface area contributed by atoms with Crippen molar-refractivity contribution in [3.05, 3.63) is 28.0 Å². The zero-order chi connectivity index (χ0) is 13.3. The Labute approximate surface area is 107 Å². The second kappa shape index (κ2) is 4.72. The summed E-state index contributed by atoms with van der Waals surface area (Å²) in [5.41, 5.74) is 0. The molecular weight excluding hydrogens is 258 g/mol. The molecular formula is C8H11N7O2S. The van der Waals surface area contributed by atoms with Crippen molar-refractivity contribution in [1.82, 2.24) is 29.8 Å². The number of tetrazole rings is 1. The Kier molecular flexibility index (Phi) is 3.28. The first-order valence-corrected chi connectivity index (χ1v) is 5.68.